The van der Waals surface area contributed by atoms with Gasteiger partial charge in [0.05, 0.1) is 0 Å². The molecule has 2 amide bonds. The highest BCUT2D eigenvalue weighted by atomic mass is 16.2. The maximum Gasteiger partial charge on any atom is 0.219 e. The number of carbonyl (C=O) groups is 2. The number of unbranched alkanes of at least 4 members (excludes halogenated alkanes) is 10. The van der Waals surface area contributed by atoms with Gasteiger partial charge in [-0.25, -0.2) is 0 Å². The molecule has 200 valence electrons. The number of nitrogens with one attached hydrogen (secondary N) is 2. The zero-order valence-corrected chi connectivity index (χ0v) is 23.0. The van der Waals surface area contributed by atoms with Crippen LogP contribution in [0.25, 0.3) is 0 Å². The summed E-state index contributed by atoms with van der Waals surface area (Å²) in [6.45, 7) is 3.63. The van der Waals surface area contributed by atoms with Crippen molar-refractivity contribution < 1.29 is 9.59 Å². The molecule has 6 heteroatoms. The summed E-state index contributed by atoms with van der Waals surface area (Å²) in [5, 5.41) is 6.02. The average molecular weight is 481 g/mol. The van der Waals surface area contributed by atoms with Crippen LogP contribution in [0.5, 0.6) is 0 Å². The molecule has 0 radical (unpaired) electrons. The molecule has 6 nitrogen and oxygen atoms in total. The Hall–Kier alpha value is -1.40. The Labute approximate surface area is 211 Å². The zero-order valence-electron chi connectivity index (χ0n) is 23.0. The Bertz CT molecular complexity index is 463. The first-order chi connectivity index (χ1) is 16.4. The van der Waals surface area contributed by atoms with E-state index in [1.807, 2.05) is 0 Å². The molecule has 0 aromatic heterocycles. The lowest BCUT2D eigenvalue weighted by atomic mass is 10.1. The van der Waals surface area contributed by atoms with E-state index in [1.54, 1.807) is 0 Å². The van der Waals surface area contributed by atoms with E-state index in [0.717, 1.165) is 64.7 Å². The number of amides is 2. The Morgan fingerprint density at radius 2 is 0.882 bits per heavy atom. The lowest BCUT2D eigenvalue weighted by Gasteiger charge is -2.09. The molecule has 0 spiro atoms. The molecule has 0 atom stereocenters. The van der Waals surface area contributed by atoms with Crippen LogP contribution in [0.1, 0.15) is 103 Å². The van der Waals surface area contributed by atoms with Crippen molar-refractivity contribution in [1.82, 2.24) is 20.4 Å². The van der Waals surface area contributed by atoms with Gasteiger partial charge in [0, 0.05) is 25.9 Å². The van der Waals surface area contributed by atoms with Crippen molar-refractivity contribution in [3.05, 3.63) is 12.2 Å². The van der Waals surface area contributed by atoms with Gasteiger partial charge in [-0.15, -0.1) is 0 Å². The minimum Gasteiger partial charge on any atom is -0.356 e. The Balaban J connectivity index is 3.28. The molecular formula is C28H56N4O2. The second-order valence-corrected chi connectivity index (χ2v) is 10.1. The average Bonchev–Trinajstić information content (AvgIpc) is 2.79. The van der Waals surface area contributed by atoms with E-state index in [4.69, 9.17) is 0 Å². The van der Waals surface area contributed by atoms with Gasteiger partial charge in [-0.1, -0.05) is 50.7 Å². The van der Waals surface area contributed by atoms with Crippen LogP contribution in [0.2, 0.25) is 0 Å². The predicted octanol–water partition coefficient (Wildman–Crippen LogP) is 5.14. The van der Waals surface area contributed by atoms with Crippen molar-refractivity contribution in [2.24, 2.45) is 0 Å². The fourth-order valence-electron chi connectivity index (χ4n) is 3.81. The van der Waals surface area contributed by atoms with Gasteiger partial charge in [0.15, 0.2) is 0 Å². The first kappa shape index (κ1) is 32.6. The molecule has 34 heavy (non-hydrogen) atoms. The molecule has 0 aromatic carbocycles. The maximum absolute atomic E-state index is 11.8. The highest BCUT2D eigenvalue weighted by Crippen LogP contribution is 2.10. The minimum atomic E-state index is 0.207. The van der Waals surface area contributed by atoms with Crippen molar-refractivity contribution in [3.63, 3.8) is 0 Å². The van der Waals surface area contributed by atoms with Crippen LogP contribution >= 0.6 is 0 Å². The molecule has 2 N–H and O–H groups in total. The fraction of sp³-hybridized carbons (Fsp3) is 0.857. The zero-order chi connectivity index (χ0) is 25.3. The summed E-state index contributed by atoms with van der Waals surface area (Å²) in [6.07, 6.45) is 22.2. The van der Waals surface area contributed by atoms with Crippen molar-refractivity contribution in [3.8, 4) is 0 Å². The number of carbonyl (C=O) groups excluding carboxylic acids is 2. The van der Waals surface area contributed by atoms with Crippen molar-refractivity contribution in [2.45, 2.75) is 103 Å². The molecule has 0 rings (SSSR count). The molecule has 0 aromatic rings. The van der Waals surface area contributed by atoms with Gasteiger partial charge in [0.1, 0.15) is 0 Å². The third-order valence-corrected chi connectivity index (χ3v) is 5.92. The Morgan fingerprint density at radius 3 is 1.26 bits per heavy atom. The standard InChI is InChI=1S/C28H56N4O2/c1-31(2)25-19-23-29-27(33)21-17-15-13-11-9-7-5-6-8-10-12-14-16-18-22-28(34)30-24-20-26-32(3)4/h5-6H,7-26H2,1-4H3,(H,29,33)(H,30,34). The van der Waals surface area contributed by atoms with Crippen molar-refractivity contribution >= 4 is 11.8 Å². The van der Waals surface area contributed by atoms with Crippen LogP contribution in [0.4, 0.5) is 0 Å². The summed E-state index contributed by atoms with van der Waals surface area (Å²) in [5.74, 6) is 0.414. The molecule has 0 aliphatic heterocycles. The lowest BCUT2D eigenvalue weighted by Crippen LogP contribution is -2.26. The third-order valence-electron chi connectivity index (χ3n) is 5.92. The fourth-order valence-corrected chi connectivity index (χ4v) is 3.81. The summed E-state index contributed by atoms with van der Waals surface area (Å²) in [7, 11) is 8.23. The first-order valence-corrected chi connectivity index (χ1v) is 13.9. The summed E-state index contributed by atoms with van der Waals surface area (Å²) >= 11 is 0. The second-order valence-electron chi connectivity index (χ2n) is 10.1. The summed E-state index contributed by atoms with van der Waals surface area (Å²) in [6, 6.07) is 0. The maximum atomic E-state index is 11.8. The molecule has 0 saturated carbocycles. The van der Waals surface area contributed by atoms with Crippen LogP contribution < -0.4 is 10.6 Å². The Morgan fingerprint density at radius 1 is 0.529 bits per heavy atom. The predicted molar refractivity (Wildman–Crippen MR) is 146 cm³/mol. The molecule has 0 heterocycles. The van der Waals surface area contributed by atoms with Gasteiger partial charge in [-0.3, -0.25) is 9.59 Å². The first-order valence-electron chi connectivity index (χ1n) is 13.9. The van der Waals surface area contributed by atoms with E-state index in [-0.39, 0.29) is 11.8 Å². The van der Waals surface area contributed by atoms with E-state index in [1.165, 1.54) is 51.4 Å². The van der Waals surface area contributed by atoms with Crippen LogP contribution in [0, 0.1) is 0 Å². The number of rotatable bonds is 24. The van der Waals surface area contributed by atoms with Gasteiger partial charge in [0.2, 0.25) is 11.8 Å². The Kier molecular flexibility index (Phi) is 23.7. The normalized spacial score (nSPS) is 11.6. The molecule has 0 saturated heterocycles. The molecule has 0 bridgehead atoms. The van der Waals surface area contributed by atoms with Crippen LogP contribution in [0.15, 0.2) is 12.2 Å². The molecule has 0 aliphatic rings. The van der Waals surface area contributed by atoms with Gasteiger partial charge in [-0.2, -0.15) is 0 Å². The second kappa shape index (κ2) is 24.7. The van der Waals surface area contributed by atoms with Gasteiger partial charge < -0.3 is 20.4 Å². The van der Waals surface area contributed by atoms with Crippen molar-refractivity contribution in [1.29, 1.82) is 0 Å². The van der Waals surface area contributed by atoms with Crippen LogP contribution in [-0.4, -0.2) is 76.0 Å². The summed E-state index contributed by atoms with van der Waals surface area (Å²) in [5.41, 5.74) is 0. The number of hydrogen-bond donors (Lipinski definition) is 2. The quantitative estimate of drug-likeness (QED) is 0.148. The largest absolute Gasteiger partial charge is 0.356 e. The smallest absolute Gasteiger partial charge is 0.219 e. The van der Waals surface area contributed by atoms with Crippen molar-refractivity contribution in [2.75, 3.05) is 54.4 Å². The minimum absolute atomic E-state index is 0.207. The molecule has 0 unspecified atom stereocenters. The third kappa shape index (κ3) is 26.8. The van der Waals surface area contributed by atoms with E-state index in [9.17, 15) is 9.59 Å². The number of allylic oxidation sites excluding steroid dienone is 2. The number of hydrogen-bond acceptors (Lipinski definition) is 4. The molecular weight excluding hydrogens is 424 g/mol. The van der Waals surface area contributed by atoms with Gasteiger partial charge >= 0.3 is 0 Å². The van der Waals surface area contributed by atoms with E-state index in [2.05, 4.69) is 60.8 Å². The van der Waals surface area contributed by atoms with Crippen LogP contribution in [-0.2, 0) is 9.59 Å². The SMILES string of the molecule is CN(C)CCCNC(=O)CCCCCCCC=CCCCCCCCC(=O)NCCCN(C)C. The van der Waals surface area contributed by atoms with E-state index >= 15 is 0 Å². The number of nitrogens with zero attached hydrogens (tertiary/aromatic N) is 2. The van der Waals surface area contributed by atoms with Gasteiger partial charge in [-0.05, 0) is 92.6 Å². The van der Waals surface area contributed by atoms with Crippen LogP contribution in [0.3, 0.4) is 0 Å². The topological polar surface area (TPSA) is 64.7 Å². The molecule has 0 aliphatic carbocycles. The summed E-state index contributed by atoms with van der Waals surface area (Å²) < 4.78 is 0. The van der Waals surface area contributed by atoms with Gasteiger partial charge in [0.25, 0.3) is 0 Å². The summed E-state index contributed by atoms with van der Waals surface area (Å²) in [4.78, 5) is 27.8. The monoisotopic (exact) mass is 480 g/mol. The molecule has 0 fully saturated rings. The van der Waals surface area contributed by atoms with E-state index in [0.29, 0.717) is 12.8 Å². The van der Waals surface area contributed by atoms with E-state index < -0.39 is 0 Å². The lowest BCUT2D eigenvalue weighted by molar-refractivity contribution is -0.122. The highest BCUT2D eigenvalue weighted by Gasteiger charge is 2.01. The highest BCUT2D eigenvalue weighted by molar-refractivity contribution is 5.76.